The molecule has 1 atom stereocenters. The van der Waals surface area contributed by atoms with Crippen molar-refractivity contribution < 1.29 is 8.42 Å². The highest BCUT2D eigenvalue weighted by Gasteiger charge is 2.20. The summed E-state index contributed by atoms with van der Waals surface area (Å²) in [5.74, 6) is 0.386. The van der Waals surface area contributed by atoms with Gasteiger partial charge in [0, 0.05) is 11.4 Å². The summed E-state index contributed by atoms with van der Waals surface area (Å²) in [5, 5.41) is 2.00. The molecule has 0 amide bonds. The van der Waals surface area contributed by atoms with Crippen molar-refractivity contribution in [2.24, 2.45) is 0 Å². The van der Waals surface area contributed by atoms with Crippen LogP contribution in [0.5, 0.6) is 0 Å². The van der Waals surface area contributed by atoms with Crippen molar-refractivity contribution in [2.45, 2.75) is 30.7 Å². The third-order valence-electron chi connectivity index (χ3n) is 3.82. The van der Waals surface area contributed by atoms with Gasteiger partial charge in [-0.2, -0.15) is 0 Å². The molecule has 1 unspecified atom stereocenters. The lowest BCUT2D eigenvalue weighted by atomic mass is 10.0. The van der Waals surface area contributed by atoms with E-state index in [9.17, 15) is 8.42 Å². The first kappa shape index (κ1) is 18.1. The van der Waals surface area contributed by atoms with E-state index in [1.54, 1.807) is 23.5 Å². The van der Waals surface area contributed by atoms with Gasteiger partial charge in [-0.05, 0) is 49.2 Å². The number of hydrogen-bond acceptors (Lipinski definition) is 4. The fourth-order valence-corrected chi connectivity index (χ4v) is 4.28. The van der Waals surface area contributed by atoms with Crippen LogP contribution in [-0.4, -0.2) is 34.0 Å². The molecule has 4 nitrogen and oxygen atoms in total. The van der Waals surface area contributed by atoms with Crippen LogP contribution in [0.15, 0.2) is 46.7 Å². The van der Waals surface area contributed by atoms with Crippen LogP contribution in [0.3, 0.4) is 0 Å². The van der Waals surface area contributed by atoms with Crippen LogP contribution < -0.4 is 4.72 Å². The van der Waals surface area contributed by atoms with Gasteiger partial charge in [0.25, 0.3) is 0 Å². The van der Waals surface area contributed by atoms with E-state index in [2.05, 4.69) is 18.6 Å². The average Bonchev–Trinajstić information content (AvgIpc) is 3.01. The molecule has 2 aromatic rings. The molecular weight excluding hydrogens is 328 g/mol. The second-order valence-corrected chi connectivity index (χ2v) is 8.82. The van der Waals surface area contributed by atoms with Gasteiger partial charge < -0.3 is 4.90 Å². The van der Waals surface area contributed by atoms with E-state index in [1.165, 1.54) is 0 Å². The topological polar surface area (TPSA) is 49.4 Å². The fraction of sp³-hybridized carbons (Fsp3) is 0.412. The smallest absolute Gasteiger partial charge is 0.240 e. The third-order valence-corrected chi connectivity index (χ3v) is 6.23. The van der Waals surface area contributed by atoms with E-state index in [1.807, 2.05) is 48.6 Å². The quantitative estimate of drug-likeness (QED) is 0.830. The Morgan fingerprint density at radius 3 is 2.26 bits per heavy atom. The zero-order valence-electron chi connectivity index (χ0n) is 14.0. The first-order chi connectivity index (χ1) is 10.8. The third kappa shape index (κ3) is 4.64. The Hall–Kier alpha value is -1.21. The highest BCUT2D eigenvalue weighted by atomic mass is 32.2. The van der Waals surface area contributed by atoms with E-state index >= 15 is 0 Å². The minimum atomic E-state index is -3.49. The predicted octanol–water partition coefficient (Wildman–Crippen LogP) is 3.45. The van der Waals surface area contributed by atoms with Crippen molar-refractivity contribution in [3.63, 3.8) is 0 Å². The molecule has 1 aromatic heterocycles. The number of likely N-dealkylation sites (N-methyl/N-ethyl adjacent to an activating group) is 1. The van der Waals surface area contributed by atoms with Crippen LogP contribution in [0.1, 0.15) is 36.2 Å². The molecule has 1 N–H and O–H groups in total. The van der Waals surface area contributed by atoms with Crippen LogP contribution in [0.2, 0.25) is 0 Å². The summed E-state index contributed by atoms with van der Waals surface area (Å²) in [7, 11) is 0.415. The molecular formula is C17H24N2O2S2. The van der Waals surface area contributed by atoms with Gasteiger partial charge in [0.05, 0.1) is 10.9 Å². The van der Waals surface area contributed by atoms with Crippen LogP contribution >= 0.6 is 11.3 Å². The number of nitrogens with zero attached hydrogens (tertiary/aromatic N) is 1. The molecule has 0 aliphatic carbocycles. The van der Waals surface area contributed by atoms with Crippen molar-refractivity contribution in [2.75, 3.05) is 20.6 Å². The number of rotatable bonds is 7. The fourth-order valence-electron chi connectivity index (χ4n) is 2.32. The lowest BCUT2D eigenvalue weighted by molar-refractivity contribution is 0.303. The molecule has 0 radical (unpaired) electrons. The summed E-state index contributed by atoms with van der Waals surface area (Å²) in [6.07, 6.45) is 0. The van der Waals surface area contributed by atoms with Gasteiger partial charge in [0.15, 0.2) is 0 Å². The SMILES string of the molecule is CC(C)c1ccc(S(=O)(=O)NCC(c2cccs2)N(C)C)cc1. The molecule has 0 saturated carbocycles. The Kier molecular flexibility index (Phi) is 5.97. The van der Waals surface area contributed by atoms with Gasteiger partial charge in [-0.3, -0.25) is 0 Å². The predicted molar refractivity (Wildman–Crippen MR) is 96.5 cm³/mol. The molecule has 1 heterocycles. The molecule has 126 valence electrons. The summed E-state index contributed by atoms with van der Waals surface area (Å²) in [6.45, 7) is 4.52. The Balaban J connectivity index is 2.11. The maximum absolute atomic E-state index is 12.5. The van der Waals surface area contributed by atoms with E-state index < -0.39 is 10.0 Å². The average molecular weight is 353 g/mol. The van der Waals surface area contributed by atoms with Gasteiger partial charge in [-0.15, -0.1) is 11.3 Å². The minimum Gasteiger partial charge on any atom is -0.300 e. The van der Waals surface area contributed by atoms with E-state index in [0.29, 0.717) is 17.4 Å². The standard InChI is InChI=1S/C17H24N2O2S2/c1-13(2)14-7-9-15(10-8-14)23(20,21)18-12-16(19(3)4)17-6-5-11-22-17/h5-11,13,16,18H,12H2,1-4H3. The van der Waals surface area contributed by atoms with Crippen LogP contribution in [0.25, 0.3) is 0 Å². The first-order valence-electron chi connectivity index (χ1n) is 7.60. The van der Waals surface area contributed by atoms with Gasteiger partial charge >= 0.3 is 0 Å². The Morgan fingerprint density at radius 1 is 1.13 bits per heavy atom. The van der Waals surface area contributed by atoms with Crippen LogP contribution in [0.4, 0.5) is 0 Å². The lowest BCUT2D eigenvalue weighted by Crippen LogP contribution is -2.34. The second kappa shape index (κ2) is 7.57. The minimum absolute atomic E-state index is 0.0275. The highest BCUT2D eigenvalue weighted by Crippen LogP contribution is 2.23. The number of hydrogen-bond donors (Lipinski definition) is 1. The molecule has 0 aliphatic heterocycles. The lowest BCUT2D eigenvalue weighted by Gasteiger charge is -2.23. The van der Waals surface area contributed by atoms with E-state index in [4.69, 9.17) is 0 Å². The van der Waals surface area contributed by atoms with Crippen molar-refractivity contribution in [3.05, 3.63) is 52.2 Å². The largest absolute Gasteiger partial charge is 0.300 e. The number of benzene rings is 1. The van der Waals surface area contributed by atoms with Gasteiger partial charge in [-0.1, -0.05) is 32.0 Å². The highest BCUT2D eigenvalue weighted by molar-refractivity contribution is 7.89. The summed E-state index contributed by atoms with van der Waals surface area (Å²) in [5.41, 5.74) is 1.13. The summed E-state index contributed by atoms with van der Waals surface area (Å²) < 4.78 is 27.7. The molecule has 1 aromatic carbocycles. The number of sulfonamides is 1. The number of nitrogens with one attached hydrogen (secondary N) is 1. The normalized spacial score (nSPS) is 13.7. The molecule has 0 saturated heterocycles. The molecule has 2 rings (SSSR count). The Labute approximate surface area is 143 Å². The molecule has 6 heteroatoms. The molecule has 0 aliphatic rings. The van der Waals surface area contributed by atoms with E-state index in [0.717, 1.165) is 10.4 Å². The van der Waals surface area contributed by atoms with Gasteiger partial charge in [0.1, 0.15) is 0 Å². The monoisotopic (exact) mass is 352 g/mol. The molecule has 0 bridgehead atoms. The molecule has 23 heavy (non-hydrogen) atoms. The zero-order chi connectivity index (χ0) is 17.0. The summed E-state index contributed by atoms with van der Waals surface area (Å²) in [4.78, 5) is 3.48. The van der Waals surface area contributed by atoms with Gasteiger partial charge in [-0.25, -0.2) is 13.1 Å². The van der Waals surface area contributed by atoms with Crippen LogP contribution in [0, 0.1) is 0 Å². The molecule has 0 spiro atoms. The zero-order valence-corrected chi connectivity index (χ0v) is 15.6. The van der Waals surface area contributed by atoms with Gasteiger partial charge in [0.2, 0.25) is 10.0 Å². The Morgan fingerprint density at radius 2 is 1.78 bits per heavy atom. The summed E-state index contributed by atoms with van der Waals surface area (Å²) in [6, 6.07) is 11.1. The van der Waals surface area contributed by atoms with Crippen molar-refractivity contribution >= 4 is 21.4 Å². The van der Waals surface area contributed by atoms with Crippen molar-refractivity contribution in [1.82, 2.24) is 9.62 Å². The maximum atomic E-state index is 12.5. The van der Waals surface area contributed by atoms with Crippen molar-refractivity contribution in [1.29, 1.82) is 0 Å². The Bertz CT molecular complexity index is 706. The van der Waals surface area contributed by atoms with Crippen LogP contribution in [-0.2, 0) is 10.0 Å². The molecule has 0 fully saturated rings. The summed E-state index contributed by atoms with van der Waals surface area (Å²) >= 11 is 1.63. The maximum Gasteiger partial charge on any atom is 0.240 e. The van der Waals surface area contributed by atoms with Crippen molar-refractivity contribution in [3.8, 4) is 0 Å². The first-order valence-corrected chi connectivity index (χ1v) is 9.97. The number of thiophene rings is 1. The van der Waals surface area contributed by atoms with E-state index in [-0.39, 0.29) is 6.04 Å². The second-order valence-electron chi connectivity index (χ2n) is 6.07.